The molecule has 0 aromatic heterocycles. The number of likely N-dealkylation sites (tertiary alicyclic amines) is 1. The minimum absolute atomic E-state index is 0.103. The third-order valence-electron chi connectivity index (χ3n) is 4.82. The summed E-state index contributed by atoms with van der Waals surface area (Å²) in [5.41, 5.74) is 1.29. The van der Waals surface area contributed by atoms with E-state index in [9.17, 15) is 9.59 Å². The van der Waals surface area contributed by atoms with Gasteiger partial charge in [0, 0.05) is 25.4 Å². The van der Waals surface area contributed by atoms with Gasteiger partial charge in [-0.15, -0.1) is 0 Å². The Labute approximate surface area is 136 Å². The second-order valence-electron chi connectivity index (χ2n) is 7.27. The van der Waals surface area contributed by atoms with Crippen LogP contribution in [0, 0.1) is 5.92 Å². The van der Waals surface area contributed by atoms with E-state index in [1.807, 2.05) is 17.0 Å². The van der Waals surface area contributed by atoms with E-state index in [2.05, 4.69) is 13.8 Å². The lowest BCUT2D eigenvalue weighted by Crippen LogP contribution is -2.48. The number of hydrogen-bond donors (Lipinski definition) is 1. The van der Waals surface area contributed by atoms with E-state index in [0.29, 0.717) is 30.4 Å². The number of nitrogens with zero attached hydrogens (tertiary/aromatic N) is 1. The molecule has 2 fully saturated rings. The van der Waals surface area contributed by atoms with E-state index in [0.717, 1.165) is 25.1 Å². The third kappa shape index (κ3) is 3.55. The molecule has 3 rings (SSSR count). The Morgan fingerprint density at radius 2 is 1.91 bits per heavy atom. The van der Waals surface area contributed by atoms with Crippen molar-refractivity contribution in [3.05, 3.63) is 35.4 Å². The predicted octanol–water partition coefficient (Wildman–Crippen LogP) is 2.52. The van der Waals surface area contributed by atoms with Crippen molar-refractivity contribution in [3.63, 3.8) is 0 Å². The van der Waals surface area contributed by atoms with Crippen molar-refractivity contribution >= 4 is 11.9 Å². The molecule has 2 aliphatic heterocycles. The highest BCUT2D eigenvalue weighted by atomic mass is 16.5. The maximum absolute atomic E-state index is 12.3. The van der Waals surface area contributed by atoms with Gasteiger partial charge in [-0.25, -0.2) is 4.79 Å². The summed E-state index contributed by atoms with van der Waals surface area (Å²) in [7, 11) is 0. The van der Waals surface area contributed by atoms with E-state index in [-0.39, 0.29) is 11.5 Å². The molecule has 1 amide bonds. The van der Waals surface area contributed by atoms with Gasteiger partial charge in [-0.05, 0) is 43.9 Å². The van der Waals surface area contributed by atoms with Crippen LogP contribution < -0.4 is 0 Å². The van der Waals surface area contributed by atoms with Crippen LogP contribution in [0.3, 0.4) is 0 Å². The number of carboxylic acid groups (broad SMARTS) is 1. The first-order chi connectivity index (χ1) is 10.8. The molecule has 0 bridgehead atoms. The van der Waals surface area contributed by atoms with Crippen molar-refractivity contribution in [2.24, 2.45) is 5.92 Å². The highest BCUT2D eigenvalue weighted by molar-refractivity contribution is 5.87. The first-order valence-corrected chi connectivity index (χ1v) is 8.09. The van der Waals surface area contributed by atoms with Gasteiger partial charge in [0.25, 0.3) is 0 Å². The lowest BCUT2D eigenvalue weighted by Gasteiger charge is -2.40. The SMILES string of the molecule is CC1(C)CC(CC(=O)N2CC(c3ccc(C(=O)O)cc3)C2)CO1. The van der Waals surface area contributed by atoms with Crippen LogP contribution in [-0.2, 0) is 9.53 Å². The Hall–Kier alpha value is -1.88. The summed E-state index contributed by atoms with van der Waals surface area (Å²) in [6, 6.07) is 6.95. The zero-order valence-corrected chi connectivity index (χ0v) is 13.6. The van der Waals surface area contributed by atoms with E-state index in [4.69, 9.17) is 9.84 Å². The van der Waals surface area contributed by atoms with Crippen molar-refractivity contribution in [3.8, 4) is 0 Å². The number of amides is 1. The molecule has 0 saturated carbocycles. The molecule has 0 aliphatic carbocycles. The molecule has 2 saturated heterocycles. The number of carbonyl (C=O) groups is 2. The van der Waals surface area contributed by atoms with Crippen LogP contribution in [0.15, 0.2) is 24.3 Å². The molecule has 2 heterocycles. The van der Waals surface area contributed by atoms with Gasteiger partial charge in [0.1, 0.15) is 0 Å². The first kappa shape index (κ1) is 16.0. The maximum Gasteiger partial charge on any atom is 0.335 e. The van der Waals surface area contributed by atoms with E-state index < -0.39 is 5.97 Å². The van der Waals surface area contributed by atoms with E-state index in [1.54, 1.807) is 12.1 Å². The Balaban J connectivity index is 1.48. The number of aromatic carboxylic acids is 1. The van der Waals surface area contributed by atoms with Gasteiger partial charge in [0.2, 0.25) is 5.91 Å². The van der Waals surface area contributed by atoms with Crippen LogP contribution in [0.1, 0.15) is 48.5 Å². The Kier molecular flexibility index (Phi) is 4.15. The third-order valence-corrected chi connectivity index (χ3v) is 4.82. The Morgan fingerprint density at radius 3 is 2.43 bits per heavy atom. The smallest absolute Gasteiger partial charge is 0.335 e. The molecule has 2 aliphatic rings. The molecule has 23 heavy (non-hydrogen) atoms. The van der Waals surface area contributed by atoms with Crippen molar-refractivity contribution < 1.29 is 19.4 Å². The lowest BCUT2D eigenvalue weighted by molar-refractivity contribution is -0.136. The number of carbonyl (C=O) groups excluding carboxylic acids is 1. The summed E-state index contributed by atoms with van der Waals surface area (Å²) in [5, 5.41) is 8.91. The van der Waals surface area contributed by atoms with Crippen LogP contribution in [0.4, 0.5) is 0 Å². The van der Waals surface area contributed by atoms with Crippen LogP contribution in [0.25, 0.3) is 0 Å². The first-order valence-electron chi connectivity index (χ1n) is 8.09. The van der Waals surface area contributed by atoms with Gasteiger partial charge in [0.15, 0.2) is 0 Å². The molecule has 124 valence electrons. The summed E-state index contributed by atoms with van der Waals surface area (Å²) in [5.74, 6) is -0.0668. The largest absolute Gasteiger partial charge is 0.478 e. The lowest BCUT2D eigenvalue weighted by atomic mass is 9.89. The van der Waals surface area contributed by atoms with Crippen LogP contribution >= 0.6 is 0 Å². The van der Waals surface area contributed by atoms with Crippen molar-refractivity contribution in [2.45, 2.75) is 38.2 Å². The number of benzene rings is 1. The van der Waals surface area contributed by atoms with Gasteiger partial charge < -0.3 is 14.7 Å². The summed E-state index contributed by atoms with van der Waals surface area (Å²) in [4.78, 5) is 25.0. The number of ether oxygens (including phenoxy) is 1. The van der Waals surface area contributed by atoms with Gasteiger partial charge in [-0.2, -0.15) is 0 Å². The topological polar surface area (TPSA) is 66.8 Å². The monoisotopic (exact) mass is 317 g/mol. The average molecular weight is 317 g/mol. The summed E-state index contributed by atoms with van der Waals surface area (Å²) in [6.45, 7) is 6.26. The number of carboxylic acids is 1. The predicted molar refractivity (Wildman–Crippen MR) is 85.5 cm³/mol. The molecular formula is C18H23NO4. The zero-order chi connectivity index (χ0) is 16.6. The minimum Gasteiger partial charge on any atom is -0.478 e. The molecule has 1 aromatic rings. The Bertz CT molecular complexity index is 602. The highest BCUT2D eigenvalue weighted by Gasteiger charge is 2.37. The quantitative estimate of drug-likeness (QED) is 0.926. The molecule has 1 aromatic carbocycles. The van der Waals surface area contributed by atoms with E-state index >= 15 is 0 Å². The second-order valence-corrected chi connectivity index (χ2v) is 7.27. The number of hydrogen-bond acceptors (Lipinski definition) is 3. The second kappa shape index (κ2) is 5.96. The highest BCUT2D eigenvalue weighted by Crippen LogP contribution is 2.33. The van der Waals surface area contributed by atoms with Gasteiger partial charge in [-0.1, -0.05) is 12.1 Å². The molecule has 5 nitrogen and oxygen atoms in total. The molecule has 0 radical (unpaired) electrons. The van der Waals surface area contributed by atoms with Crippen molar-refractivity contribution in [2.75, 3.05) is 19.7 Å². The van der Waals surface area contributed by atoms with Crippen LogP contribution in [0.2, 0.25) is 0 Å². The van der Waals surface area contributed by atoms with Crippen molar-refractivity contribution in [1.82, 2.24) is 4.90 Å². The zero-order valence-electron chi connectivity index (χ0n) is 13.6. The average Bonchev–Trinajstić information content (AvgIpc) is 2.76. The fourth-order valence-corrected chi connectivity index (χ4v) is 3.45. The molecular weight excluding hydrogens is 294 g/mol. The maximum atomic E-state index is 12.3. The molecule has 1 atom stereocenters. The van der Waals surface area contributed by atoms with Gasteiger partial charge >= 0.3 is 5.97 Å². The van der Waals surface area contributed by atoms with Crippen LogP contribution in [0.5, 0.6) is 0 Å². The fraction of sp³-hybridized carbons (Fsp3) is 0.556. The molecule has 0 spiro atoms. The fourth-order valence-electron chi connectivity index (χ4n) is 3.45. The Morgan fingerprint density at radius 1 is 1.26 bits per heavy atom. The minimum atomic E-state index is -0.913. The normalized spacial score (nSPS) is 23.6. The van der Waals surface area contributed by atoms with Crippen LogP contribution in [-0.4, -0.2) is 47.2 Å². The molecule has 5 heteroatoms. The summed E-state index contributed by atoms with van der Waals surface area (Å²) >= 11 is 0. The standard InChI is InChI=1S/C18H23NO4/c1-18(2)8-12(11-23-18)7-16(20)19-9-15(10-19)13-3-5-14(6-4-13)17(21)22/h3-6,12,15H,7-11H2,1-2H3,(H,21,22). The summed E-state index contributed by atoms with van der Waals surface area (Å²) in [6.07, 6.45) is 1.50. The van der Waals surface area contributed by atoms with Crippen molar-refractivity contribution in [1.29, 1.82) is 0 Å². The van der Waals surface area contributed by atoms with Gasteiger partial charge in [-0.3, -0.25) is 4.79 Å². The van der Waals surface area contributed by atoms with Gasteiger partial charge in [0.05, 0.1) is 17.8 Å². The summed E-state index contributed by atoms with van der Waals surface area (Å²) < 4.78 is 5.69. The molecule has 1 unspecified atom stereocenters. The molecule has 1 N–H and O–H groups in total. The van der Waals surface area contributed by atoms with E-state index in [1.165, 1.54) is 0 Å². The number of rotatable bonds is 4.